The summed E-state index contributed by atoms with van der Waals surface area (Å²) in [6, 6.07) is 7.46. The normalized spacial score (nSPS) is 15.7. The van der Waals surface area contributed by atoms with Gasteiger partial charge in [-0.1, -0.05) is 30.3 Å². The second kappa shape index (κ2) is 8.77. The molecule has 4 N–H and O–H groups in total. The lowest BCUT2D eigenvalue weighted by Gasteiger charge is -2.32. The van der Waals surface area contributed by atoms with Crippen molar-refractivity contribution in [2.45, 2.75) is 37.1 Å². The summed E-state index contributed by atoms with van der Waals surface area (Å²) in [5, 5.41) is 16.8. The highest BCUT2D eigenvalue weighted by Gasteiger charge is 2.71. The molecule has 190 valence electrons. The van der Waals surface area contributed by atoms with Crippen LogP contribution >= 0.6 is 0 Å². The fraction of sp³-hybridized carbons (Fsp3) is 0.318. The quantitative estimate of drug-likeness (QED) is 0.370. The minimum Gasteiger partial charge on any atom is -0.394 e. The van der Waals surface area contributed by atoms with Gasteiger partial charge in [0.1, 0.15) is 5.70 Å². The summed E-state index contributed by atoms with van der Waals surface area (Å²) in [6.07, 6.45) is -15.9. The first-order valence-electron chi connectivity index (χ1n) is 9.91. The molecule has 0 saturated heterocycles. The predicted molar refractivity (Wildman–Crippen MR) is 110 cm³/mol. The third kappa shape index (κ3) is 4.81. The van der Waals surface area contributed by atoms with Gasteiger partial charge >= 0.3 is 18.5 Å². The topological polar surface area (TPSA) is 73.3 Å². The standard InChI is InChI=1S/C22H18F9N3O/c23-20(24,25)18(33)16(10-32)13-3-6-17-14(9-13)7-8-34(17)11-12-1-4-15(5-2-12)19(35,21(26,27)28)22(29,30)31/h1-6,9-10,32,35H,7-8,11,33H2/b18-16+,32-10?. The molecule has 35 heavy (non-hydrogen) atoms. The number of nitrogens with zero attached hydrogens (tertiary/aromatic N) is 1. The summed E-state index contributed by atoms with van der Waals surface area (Å²) in [7, 11) is 0. The monoisotopic (exact) mass is 511 g/mol. The number of anilines is 1. The Morgan fingerprint density at radius 3 is 2.00 bits per heavy atom. The van der Waals surface area contributed by atoms with Crippen molar-refractivity contribution in [1.29, 1.82) is 5.41 Å². The molecule has 0 radical (unpaired) electrons. The van der Waals surface area contributed by atoms with Gasteiger partial charge < -0.3 is 21.1 Å². The molecular formula is C22H18F9N3O. The van der Waals surface area contributed by atoms with Gasteiger partial charge in [-0.15, -0.1) is 0 Å². The smallest absolute Gasteiger partial charge is 0.394 e. The SMILES string of the molecule is N=C/C(=C(\N)C(F)(F)F)c1ccc2c(c1)CCN2Cc1ccc(C(O)(C(F)(F)F)C(F)(F)F)cc1. The molecule has 0 unspecified atom stereocenters. The van der Waals surface area contributed by atoms with Crippen molar-refractivity contribution in [2.24, 2.45) is 5.73 Å². The predicted octanol–water partition coefficient (Wildman–Crippen LogP) is 5.44. The maximum atomic E-state index is 13.0. The Hall–Kier alpha value is -3.22. The Balaban J connectivity index is 1.86. The first kappa shape index (κ1) is 26.4. The molecule has 4 nitrogen and oxygen atoms in total. The highest BCUT2D eigenvalue weighted by molar-refractivity contribution is 6.09. The van der Waals surface area contributed by atoms with Crippen LogP contribution in [-0.4, -0.2) is 36.4 Å². The lowest BCUT2D eigenvalue weighted by atomic mass is 9.91. The minimum absolute atomic E-state index is 0.0818. The number of nitrogens with one attached hydrogen (secondary N) is 1. The average molecular weight is 511 g/mol. The number of hydrogen-bond acceptors (Lipinski definition) is 4. The van der Waals surface area contributed by atoms with E-state index in [1.54, 1.807) is 4.90 Å². The van der Waals surface area contributed by atoms with Gasteiger partial charge in [-0.25, -0.2) is 0 Å². The Bertz CT molecular complexity index is 1120. The molecule has 0 aromatic heterocycles. The summed E-state index contributed by atoms with van der Waals surface area (Å²) in [5.74, 6) is 0. The van der Waals surface area contributed by atoms with Crippen LogP contribution < -0.4 is 10.6 Å². The first-order chi connectivity index (χ1) is 16.0. The van der Waals surface area contributed by atoms with Gasteiger partial charge in [0.05, 0.1) is 0 Å². The Labute approximate surface area is 193 Å². The number of fused-ring (bicyclic) bond motifs is 1. The molecule has 0 bridgehead atoms. The van der Waals surface area contributed by atoms with Crippen molar-refractivity contribution in [2.75, 3.05) is 11.4 Å². The van der Waals surface area contributed by atoms with E-state index in [2.05, 4.69) is 0 Å². The number of benzene rings is 2. The zero-order valence-electron chi connectivity index (χ0n) is 17.6. The molecule has 0 amide bonds. The second-order valence-electron chi connectivity index (χ2n) is 7.89. The van der Waals surface area contributed by atoms with Crippen molar-refractivity contribution in [3.8, 4) is 0 Å². The van der Waals surface area contributed by atoms with Gasteiger partial charge in [0.15, 0.2) is 0 Å². The molecule has 2 aromatic carbocycles. The molecule has 0 spiro atoms. The third-order valence-corrected chi connectivity index (χ3v) is 5.69. The molecule has 0 atom stereocenters. The minimum atomic E-state index is -5.99. The molecule has 13 heteroatoms. The molecule has 0 saturated carbocycles. The number of rotatable bonds is 5. The molecule has 1 aliphatic heterocycles. The number of halogens is 9. The van der Waals surface area contributed by atoms with Crippen LogP contribution in [0.25, 0.3) is 5.57 Å². The van der Waals surface area contributed by atoms with Gasteiger partial charge in [-0.05, 0) is 35.2 Å². The van der Waals surface area contributed by atoms with Crippen molar-refractivity contribution < 1.29 is 44.6 Å². The Morgan fingerprint density at radius 1 is 0.943 bits per heavy atom. The number of hydrogen-bond donors (Lipinski definition) is 3. The summed E-state index contributed by atoms with van der Waals surface area (Å²) in [4.78, 5) is 1.74. The second-order valence-corrected chi connectivity index (χ2v) is 7.89. The Kier molecular flexibility index (Phi) is 6.61. The number of nitrogens with two attached hydrogens (primary N) is 1. The van der Waals surface area contributed by atoms with Crippen molar-refractivity contribution in [3.05, 3.63) is 70.4 Å². The summed E-state index contributed by atoms with van der Waals surface area (Å²) in [5.41, 5.74) is -1.50. The van der Waals surface area contributed by atoms with Gasteiger partial charge in [-0.3, -0.25) is 0 Å². The Morgan fingerprint density at radius 2 is 1.51 bits per heavy atom. The van der Waals surface area contributed by atoms with Gasteiger partial charge in [0, 0.05) is 36.1 Å². The molecule has 2 aromatic rings. The van der Waals surface area contributed by atoms with E-state index in [1.807, 2.05) is 0 Å². The van der Waals surface area contributed by atoms with E-state index < -0.39 is 41.0 Å². The van der Waals surface area contributed by atoms with E-state index in [-0.39, 0.29) is 12.1 Å². The lowest BCUT2D eigenvalue weighted by Crippen LogP contribution is -2.53. The van der Waals surface area contributed by atoms with Gasteiger partial charge in [-0.2, -0.15) is 39.5 Å². The molecule has 0 fully saturated rings. The fourth-order valence-corrected chi connectivity index (χ4v) is 3.83. The zero-order valence-corrected chi connectivity index (χ0v) is 17.6. The van der Waals surface area contributed by atoms with Crippen molar-refractivity contribution in [1.82, 2.24) is 0 Å². The first-order valence-corrected chi connectivity index (χ1v) is 9.91. The van der Waals surface area contributed by atoms with Crippen LogP contribution in [0.3, 0.4) is 0 Å². The van der Waals surface area contributed by atoms with Gasteiger partial charge in [0.25, 0.3) is 5.60 Å². The summed E-state index contributed by atoms with van der Waals surface area (Å²) in [6.45, 7) is 0.467. The number of aliphatic hydroxyl groups is 1. The van der Waals surface area contributed by atoms with Crippen LogP contribution in [0.5, 0.6) is 0 Å². The highest BCUT2D eigenvalue weighted by atomic mass is 19.4. The van der Waals surface area contributed by atoms with Crippen LogP contribution in [0.4, 0.5) is 45.2 Å². The van der Waals surface area contributed by atoms with E-state index in [1.165, 1.54) is 18.2 Å². The van der Waals surface area contributed by atoms with Crippen LogP contribution in [0, 0.1) is 5.41 Å². The van der Waals surface area contributed by atoms with Crippen LogP contribution in [0.1, 0.15) is 22.3 Å². The highest BCUT2D eigenvalue weighted by Crippen LogP contribution is 2.50. The van der Waals surface area contributed by atoms with Crippen LogP contribution in [-0.2, 0) is 18.6 Å². The maximum Gasteiger partial charge on any atom is 0.431 e. The average Bonchev–Trinajstić information content (AvgIpc) is 3.14. The molecule has 1 aliphatic rings. The van der Waals surface area contributed by atoms with Crippen molar-refractivity contribution >= 4 is 17.5 Å². The largest absolute Gasteiger partial charge is 0.431 e. The molecular weight excluding hydrogens is 493 g/mol. The van der Waals surface area contributed by atoms with E-state index in [9.17, 15) is 44.6 Å². The zero-order chi connectivity index (χ0) is 26.4. The number of allylic oxidation sites excluding steroid dienone is 2. The molecule has 3 rings (SSSR count). The van der Waals surface area contributed by atoms with Gasteiger partial charge in [0.2, 0.25) is 0 Å². The third-order valence-electron chi connectivity index (χ3n) is 5.69. The fourth-order valence-electron chi connectivity index (χ4n) is 3.83. The summed E-state index contributed by atoms with van der Waals surface area (Å²) >= 11 is 0. The van der Waals surface area contributed by atoms with Crippen LogP contribution in [0.2, 0.25) is 0 Å². The summed E-state index contributed by atoms with van der Waals surface area (Å²) < 4.78 is 117. The molecule has 0 aliphatic carbocycles. The van der Waals surface area contributed by atoms with Crippen LogP contribution in [0.15, 0.2) is 48.2 Å². The van der Waals surface area contributed by atoms with E-state index in [0.29, 0.717) is 48.1 Å². The van der Waals surface area contributed by atoms with E-state index in [4.69, 9.17) is 11.1 Å². The lowest BCUT2D eigenvalue weighted by molar-refractivity contribution is -0.376. The van der Waals surface area contributed by atoms with E-state index in [0.717, 1.165) is 12.1 Å². The molecule has 1 heterocycles. The maximum absolute atomic E-state index is 13.0. The van der Waals surface area contributed by atoms with Crippen molar-refractivity contribution in [3.63, 3.8) is 0 Å². The number of alkyl halides is 9. The van der Waals surface area contributed by atoms with E-state index >= 15 is 0 Å².